The van der Waals surface area contributed by atoms with Crippen molar-refractivity contribution in [1.29, 1.82) is 0 Å². The van der Waals surface area contributed by atoms with Crippen LogP contribution >= 0.6 is 0 Å². The Kier molecular flexibility index (Phi) is 2.52. The summed E-state index contributed by atoms with van der Waals surface area (Å²) in [6.45, 7) is 2.17. The summed E-state index contributed by atoms with van der Waals surface area (Å²) >= 11 is 0. The first-order chi connectivity index (χ1) is 7.83. The molecule has 1 aromatic rings. The molecular weight excluding hydrogens is 207 g/mol. The van der Waals surface area contributed by atoms with Crippen LogP contribution < -0.4 is 10.1 Å². The average molecular weight is 222 g/mol. The van der Waals surface area contributed by atoms with Crippen LogP contribution in [0.5, 0.6) is 5.75 Å². The fourth-order valence-corrected chi connectivity index (χ4v) is 2.85. The Morgan fingerprint density at radius 3 is 2.75 bits per heavy atom. The second kappa shape index (κ2) is 4.01. The predicted octanol–water partition coefficient (Wildman–Crippen LogP) is 1.60. The normalized spacial score (nSPS) is 32.7. The lowest BCUT2D eigenvalue weighted by Crippen LogP contribution is -2.19. The highest BCUT2D eigenvalue weighted by Crippen LogP contribution is 2.36. The fraction of sp³-hybridized carbons (Fsp3) is 0.583. The van der Waals surface area contributed by atoms with Gasteiger partial charge in [-0.3, -0.25) is 0 Å². The van der Waals surface area contributed by atoms with Gasteiger partial charge >= 0.3 is 0 Å². The quantitative estimate of drug-likeness (QED) is 0.772. The smallest absolute Gasteiger partial charge is 0.255 e. The number of nitrogens with one attached hydrogen (secondary N) is 1. The SMILES string of the molecule is Fc1ncccc1OC1CC2CNC[C@H]2C1. The third kappa shape index (κ3) is 1.78. The second-order valence-corrected chi connectivity index (χ2v) is 4.68. The molecule has 1 aliphatic carbocycles. The van der Waals surface area contributed by atoms with Crippen LogP contribution in [0.2, 0.25) is 0 Å². The number of rotatable bonds is 2. The number of hydrogen-bond donors (Lipinski definition) is 1. The molecule has 0 radical (unpaired) electrons. The largest absolute Gasteiger partial charge is 0.486 e. The van der Waals surface area contributed by atoms with E-state index in [0.717, 1.165) is 25.9 Å². The van der Waals surface area contributed by atoms with Crippen LogP contribution in [-0.4, -0.2) is 24.2 Å². The van der Waals surface area contributed by atoms with Gasteiger partial charge in [-0.25, -0.2) is 4.98 Å². The number of halogens is 1. The molecule has 3 rings (SSSR count). The highest BCUT2D eigenvalue weighted by molar-refractivity contribution is 5.18. The van der Waals surface area contributed by atoms with E-state index in [1.165, 1.54) is 6.20 Å². The molecule has 1 aromatic heterocycles. The van der Waals surface area contributed by atoms with Gasteiger partial charge in [0.1, 0.15) is 0 Å². The predicted molar refractivity (Wildman–Crippen MR) is 57.7 cm³/mol. The number of pyridine rings is 1. The molecule has 2 unspecified atom stereocenters. The minimum atomic E-state index is -0.502. The molecule has 86 valence electrons. The van der Waals surface area contributed by atoms with E-state index < -0.39 is 5.95 Å². The number of aromatic nitrogens is 1. The molecule has 0 aromatic carbocycles. The van der Waals surface area contributed by atoms with Crippen molar-refractivity contribution in [1.82, 2.24) is 10.3 Å². The van der Waals surface area contributed by atoms with E-state index in [4.69, 9.17) is 4.74 Å². The molecule has 2 aliphatic rings. The molecule has 2 heterocycles. The van der Waals surface area contributed by atoms with Crippen LogP contribution in [0.3, 0.4) is 0 Å². The monoisotopic (exact) mass is 222 g/mol. The zero-order valence-electron chi connectivity index (χ0n) is 9.03. The van der Waals surface area contributed by atoms with Gasteiger partial charge in [-0.2, -0.15) is 4.39 Å². The Labute approximate surface area is 94.0 Å². The van der Waals surface area contributed by atoms with Gasteiger partial charge in [0.15, 0.2) is 5.75 Å². The zero-order valence-corrected chi connectivity index (χ0v) is 9.03. The lowest BCUT2D eigenvalue weighted by molar-refractivity contribution is 0.188. The van der Waals surface area contributed by atoms with E-state index in [9.17, 15) is 4.39 Å². The third-order valence-electron chi connectivity index (χ3n) is 3.63. The van der Waals surface area contributed by atoms with Crippen molar-refractivity contribution in [2.45, 2.75) is 18.9 Å². The first-order valence-electron chi connectivity index (χ1n) is 5.81. The molecule has 0 bridgehead atoms. The molecule has 1 aliphatic heterocycles. The Morgan fingerprint density at radius 1 is 1.31 bits per heavy atom. The lowest BCUT2D eigenvalue weighted by atomic mass is 10.0. The van der Waals surface area contributed by atoms with Crippen LogP contribution in [0.15, 0.2) is 18.3 Å². The van der Waals surface area contributed by atoms with Crippen LogP contribution in [0.4, 0.5) is 4.39 Å². The molecule has 1 N–H and O–H groups in total. The Morgan fingerprint density at radius 2 is 2.06 bits per heavy atom. The fourth-order valence-electron chi connectivity index (χ4n) is 2.85. The first kappa shape index (κ1) is 10.0. The zero-order chi connectivity index (χ0) is 11.0. The van der Waals surface area contributed by atoms with E-state index >= 15 is 0 Å². The highest BCUT2D eigenvalue weighted by Gasteiger charge is 2.38. The van der Waals surface area contributed by atoms with Crippen molar-refractivity contribution in [3.05, 3.63) is 24.3 Å². The molecule has 0 spiro atoms. The van der Waals surface area contributed by atoms with Crippen molar-refractivity contribution >= 4 is 0 Å². The maximum atomic E-state index is 13.3. The molecule has 3 nitrogen and oxygen atoms in total. The molecular formula is C12H15FN2O. The Hall–Kier alpha value is -1.16. The van der Waals surface area contributed by atoms with Gasteiger partial charge in [0, 0.05) is 6.20 Å². The summed E-state index contributed by atoms with van der Waals surface area (Å²) in [5.41, 5.74) is 0. The first-order valence-corrected chi connectivity index (χ1v) is 5.81. The molecule has 2 fully saturated rings. The maximum absolute atomic E-state index is 13.3. The van der Waals surface area contributed by atoms with Crippen LogP contribution in [-0.2, 0) is 0 Å². The van der Waals surface area contributed by atoms with E-state index in [1.807, 2.05) is 0 Å². The molecule has 1 saturated heterocycles. The second-order valence-electron chi connectivity index (χ2n) is 4.68. The number of ether oxygens (including phenoxy) is 1. The van der Waals surface area contributed by atoms with Gasteiger partial charge in [0.25, 0.3) is 5.95 Å². The molecule has 0 amide bonds. The van der Waals surface area contributed by atoms with E-state index in [-0.39, 0.29) is 6.10 Å². The van der Waals surface area contributed by atoms with Crippen LogP contribution in [0.1, 0.15) is 12.8 Å². The minimum Gasteiger partial charge on any atom is -0.486 e. The summed E-state index contributed by atoms with van der Waals surface area (Å²) in [6, 6.07) is 3.35. The summed E-state index contributed by atoms with van der Waals surface area (Å²) < 4.78 is 19.0. The molecule has 16 heavy (non-hydrogen) atoms. The summed E-state index contributed by atoms with van der Waals surface area (Å²) in [5, 5.41) is 3.38. The lowest BCUT2D eigenvalue weighted by Gasteiger charge is -2.14. The standard InChI is InChI=1S/C12H15FN2O/c13-12-11(2-1-3-15-12)16-10-4-8-6-14-7-9(8)5-10/h1-3,8-10,14H,4-7H2/t8-,9?,10?/m1/s1. The Balaban J connectivity index is 1.66. The van der Waals surface area contributed by atoms with Gasteiger partial charge in [-0.1, -0.05) is 0 Å². The van der Waals surface area contributed by atoms with Crippen molar-refractivity contribution in [2.75, 3.05) is 13.1 Å². The average Bonchev–Trinajstić information content (AvgIpc) is 2.81. The van der Waals surface area contributed by atoms with Gasteiger partial charge in [-0.15, -0.1) is 0 Å². The summed E-state index contributed by atoms with van der Waals surface area (Å²) in [7, 11) is 0. The van der Waals surface area contributed by atoms with Gasteiger partial charge in [0.2, 0.25) is 0 Å². The number of nitrogens with zero attached hydrogens (tertiary/aromatic N) is 1. The minimum absolute atomic E-state index is 0.163. The Bertz CT molecular complexity index is 373. The van der Waals surface area contributed by atoms with Crippen molar-refractivity contribution < 1.29 is 9.13 Å². The van der Waals surface area contributed by atoms with Crippen molar-refractivity contribution in [2.24, 2.45) is 11.8 Å². The molecule has 4 heteroatoms. The van der Waals surface area contributed by atoms with E-state index in [1.54, 1.807) is 12.1 Å². The maximum Gasteiger partial charge on any atom is 0.255 e. The van der Waals surface area contributed by atoms with Gasteiger partial charge in [0.05, 0.1) is 6.10 Å². The van der Waals surface area contributed by atoms with Crippen LogP contribution in [0, 0.1) is 17.8 Å². The molecule has 3 atom stereocenters. The van der Waals surface area contributed by atoms with Crippen molar-refractivity contribution in [3.63, 3.8) is 0 Å². The highest BCUT2D eigenvalue weighted by atomic mass is 19.1. The van der Waals surface area contributed by atoms with Crippen molar-refractivity contribution in [3.8, 4) is 5.75 Å². The third-order valence-corrected chi connectivity index (χ3v) is 3.63. The number of hydrogen-bond acceptors (Lipinski definition) is 3. The summed E-state index contributed by atoms with van der Waals surface area (Å²) in [5.74, 6) is 1.22. The topological polar surface area (TPSA) is 34.1 Å². The summed E-state index contributed by atoms with van der Waals surface area (Å²) in [4.78, 5) is 3.59. The summed E-state index contributed by atoms with van der Waals surface area (Å²) in [6.07, 6.45) is 3.67. The molecule has 1 saturated carbocycles. The number of fused-ring (bicyclic) bond motifs is 1. The van der Waals surface area contributed by atoms with Gasteiger partial charge in [-0.05, 0) is 49.9 Å². The van der Waals surface area contributed by atoms with E-state index in [2.05, 4.69) is 10.3 Å². The van der Waals surface area contributed by atoms with E-state index in [0.29, 0.717) is 17.6 Å². The van der Waals surface area contributed by atoms with Gasteiger partial charge < -0.3 is 10.1 Å². The van der Waals surface area contributed by atoms with Crippen LogP contribution in [0.25, 0.3) is 0 Å².